The van der Waals surface area contributed by atoms with E-state index in [-0.39, 0.29) is 11.3 Å². The first-order valence-electron chi connectivity index (χ1n) is 22.2. The minimum absolute atomic E-state index is 0.0951. The third-order valence-corrected chi connectivity index (χ3v) is 11.5. The summed E-state index contributed by atoms with van der Waals surface area (Å²) in [5.74, 6) is 2.54. The lowest BCUT2D eigenvalue weighted by molar-refractivity contribution is -0.195. The zero-order valence-corrected chi connectivity index (χ0v) is 36.0. The van der Waals surface area contributed by atoms with Gasteiger partial charge in [-0.15, -0.1) is 0 Å². The summed E-state index contributed by atoms with van der Waals surface area (Å²) in [4.78, 5) is 23.9. The summed E-state index contributed by atoms with van der Waals surface area (Å²) < 4.78 is 28.8. The first-order valence-corrected chi connectivity index (χ1v) is 22.2. The number of carbonyl (C=O) groups is 1. The molecule has 320 valence electrons. The molecule has 1 fully saturated rings. The molecule has 8 heteroatoms. The van der Waals surface area contributed by atoms with Crippen molar-refractivity contribution in [2.75, 3.05) is 46.2 Å². The number of esters is 1. The highest BCUT2D eigenvalue weighted by molar-refractivity contribution is 5.89. The van der Waals surface area contributed by atoms with Gasteiger partial charge in [0.15, 0.2) is 5.75 Å². The van der Waals surface area contributed by atoms with Gasteiger partial charge in [-0.25, -0.2) is 4.79 Å². The van der Waals surface area contributed by atoms with Crippen molar-refractivity contribution in [1.29, 1.82) is 0 Å². The molecular weight excluding hydrogens is 753 g/mol. The van der Waals surface area contributed by atoms with Crippen LogP contribution in [0, 0.1) is 5.41 Å². The molecule has 0 radical (unpaired) electrons. The lowest BCUT2D eigenvalue weighted by Gasteiger charge is -2.40. The molecule has 0 N–H and O–H groups in total. The largest absolute Gasteiger partial charge is 0.494 e. The molecule has 8 nitrogen and oxygen atoms in total. The maximum atomic E-state index is 12.7. The molecule has 2 aliphatic rings. The third-order valence-electron chi connectivity index (χ3n) is 11.5. The van der Waals surface area contributed by atoms with E-state index in [1.807, 2.05) is 91.0 Å². The number of unbranched alkanes of at least 4 members (excludes halogenated alkanes) is 8. The van der Waals surface area contributed by atoms with Gasteiger partial charge < -0.3 is 28.6 Å². The summed E-state index contributed by atoms with van der Waals surface area (Å²) in [7, 11) is 0. The molecule has 0 amide bonds. The smallest absolute Gasteiger partial charge is 0.336 e. The Morgan fingerprint density at radius 3 is 1.82 bits per heavy atom. The number of hydrogen-bond acceptors (Lipinski definition) is 8. The molecule has 6 rings (SSSR count). The summed E-state index contributed by atoms with van der Waals surface area (Å²) in [6.45, 7) is 11.7. The normalized spacial score (nSPS) is 15.2. The average Bonchev–Trinajstić information content (AvgIpc) is 3.53. The Labute approximate surface area is 357 Å². The van der Waals surface area contributed by atoms with Crippen molar-refractivity contribution >= 4 is 18.1 Å². The van der Waals surface area contributed by atoms with Gasteiger partial charge in [0.05, 0.1) is 33.0 Å². The van der Waals surface area contributed by atoms with E-state index in [0.717, 1.165) is 116 Å². The summed E-state index contributed by atoms with van der Waals surface area (Å²) in [6, 6.07) is 27.7. The predicted molar refractivity (Wildman–Crippen MR) is 240 cm³/mol. The fraction of sp³-hybridized carbons (Fsp3) is 0.442. The van der Waals surface area contributed by atoms with Crippen LogP contribution in [-0.4, -0.2) is 52.2 Å². The molecule has 1 atom stereocenters. The van der Waals surface area contributed by atoms with Crippen LogP contribution < -0.4 is 19.1 Å². The van der Waals surface area contributed by atoms with E-state index >= 15 is 0 Å². The van der Waals surface area contributed by atoms with Crippen molar-refractivity contribution in [2.45, 2.75) is 97.3 Å². The molecule has 1 unspecified atom stereocenters. The van der Waals surface area contributed by atoms with Gasteiger partial charge >= 0.3 is 5.97 Å². The van der Waals surface area contributed by atoms with Crippen LogP contribution in [0.3, 0.4) is 0 Å². The lowest BCUT2D eigenvalue weighted by Crippen LogP contribution is -2.45. The minimum Gasteiger partial charge on any atom is -0.494 e. The van der Waals surface area contributed by atoms with Gasteiger partial charge in [0.1, 0.15) is 23.9 Å². The van der Waals surface area contributed by atoms with E-state index in [0.29, 0.717) is 24.7 Å². The Morgan fingerprint density at radius 1 is 0.667 bits per heavy atom. The standard InChI is InChI=1S/C52H64O8/c1-4-6-7-8-9-13-32-56-44-24-19-42(20-25-44)21-30-51(53)59-45-26-28-47-48-29-27-46(36-50(48)40(3)49(47)35-45)60-58-34-15-16-41-17-22-43(23-18-41)57-33-14-11-10-12-31-54-37-52(5-2)38-55-39-52/h15-30,35-36,40H,4-14,31-34,37-39H2,1-3H3. The van der Waals surface area contributed by atoms with Gasteiger partial charge in [-0.1, -0.05) is 108 Å². The van der Waals surface area contributed by atoms with Crippen molar-refractivity contribution in [3.63, 3.8) is 0 Å². The molecule has 60 heavy (non-hydrogen) atoms. The Bertz CT molecular complexity index is 1960. The van der Waals surface area contributed by atoms with E-state index in [2.05, 4.69) is 26.8 Å². The average molecular weight is 817 g/mol. The van der Waals surface area contributed by atoms with Gasteiger partial charge in [0, 0.05) is 24.0 Å². The number of benzene rings is 4. The van der Waals surface area contributed by atoms with Crippen LogP contribution >= 0.6 is 0 Å². The minimum atomic E-state index is -0.426. The fourth-order valence-corrected chi connectivity index (χ4v) is 7.55. The molecular formula is C52H64O8. The first-order chi connectivity index (χ1) is 29.4. The number of ether oxygens (including phenoxy) is 5. The highest BCUT2D eigenvalue weighted by Gasteiger charge is 2.36. The summed E-state index contributed by atoms with van der Waals surface area (Å²) >= 11 is 0. The molecule has 1 saturated heterocycles. The lowest BCUT2D eigenvalue weighted by atomic mass is 9.84. The number of rotatable bonds is 27. The zero-order valence-electron chi connectivity index (χ0n) is 36.0. The molecule has 0 aromatic heterocycles. The Kier molecular flexibility index (Phi) is 17.7. The van der Waals surface area contributed by atoms with Crippen LogP contribution in [-0.2, 0) is 19.2 Å². The topological polar surface area (TPSA) is 81.7 Å². The van der Waals surface area contributed by atoms with E-state index in [4.69, 9.17) is 33.5 Å². The van der Waals surface area contributed by atoms with Crippen LogP contribution in [0.4, 0.5) is 0 Å². The summed E-state index contributed by atoms with van der Waals surface area (Å²) in [6.07, 6.45) is 20.1. The predicted octanol–water partition coefficient (Wildman–Crippen LogP) is 12.6. The second-order valence-electron chi connectivity index (χ2n) is 16.2. The van der Waals surface area contributed by atoms with Crippen molar-refractivity contribution in [2.24, 2.45) is 5.41 Å². The van der Waals surface area contributed by atoms with Crippen LogP contribution in [0.5, 0.6) is 23.0 Å². The van der Waals surface area contributed by atoms with Crippen molar-refractivity contribution in [3.05, 3.63) is 119 Å². The molecule has 0 spiro atoms. The summed E-state index contributed by atoms with van der Waals surface area (Å²) in [5, 5.41) is 0. The number of carbonyl (C=O) groups excluding carboxylic acids is 1. The van der Waals surface area contributed by atoms with Crippen LogP contribution in [0.25, 0.3) is 23.3 Å². The molecule has 1 heterocycles. The van der Waals surface area contributed by atoms with Gasteiger partial charge in [-0.05, 0) is 120 Å². The second-order valence-corrected chi connectivity index (χ2v) is 16.2. The first kappa shape index (κ1) is 44.7. The highest BCUT2D eigenvalue weighted by Crippen LogP contribution is 2.47. The highest BCUT2D eigenvalue weighted by atomic mass is 17.2. The molecule has 0 saturated carbocycles. The quantitative estimate of drug-likeness (QED) is 0.0147. The van der Waals surface area contributed by atoms with E-state index in [9.17, 15) is 4.79 Å². The van der Waals surface area contributed by atoms with Gasteiger partial charge in [-0.2, -0.15) is 4.89 Å². The van der Waals surface area contributed by atoms with E-state index in [1.54, 1.807) is 6.08 Å². The maximum absolute atomic E-state index is 12.7. The van der Waals surface area contributed by atoms with Crippen molar-refractivity contribution in [1.82, 2.24) is 0 Å². The molecule has 4 aromatic carbocycles. The SMILES string of the molecule is CCCCCCCCOc1ccc(C=CC(=O)Oc2ccc3c(c2)C(C)c2cc(OOCC=Cc4ccc(OCCCCCCOCC5(CC)COC5)cc4)ccc2-3)cc1. The van der Waals surface area contributed by atoms with Gasteiger partial charge in [-0.3, -0.25) is 0 Å². The summed E-state index contributed by atoms with van der Waals surface area (Å²) in [5.41, 5.74) is 6.73. The number of hydrogen-bond donors (Lipinski definition) is 0. The monoisotopic (exact) mass is 816 g/mol. The number of fused-ring (bicyclic) bond motifs is 3. The molecule has 1 aliphatic heterocycles. The van der Waals surface area contributed by atoms with Gasteiger partial charge in [0.25, 0.3) is 0 Å². The zero-order chi connectivity index (χ0) is 41.8. The molecule has 4 aromatic rings. The van der Waals surface area contributed by atoms with Crippen LogP contribution in [0.2, 0.25) is 0 Å². The van der Waals surface area contributed by atoms with E-state index < -0.39 is 5.97 Å². The van der Waals surface area contributed by atoms with Crippen LogP contribution in [0.15, 0.2) is 97.1 Å². The van der Waals surface area contributed by atoms with Gasteiger partial charge in [0.2, 0.25) is 0 Å². The third kappa shape index (κ3) is 13.6. The second kappa shape index (κ2) is 23.8. The van der Waals surface area contributed by atoms with Crippen LogP contribution in [0.1, 0.15) is 120 Å². The van der Waals surface area contributed by atoms with Crippen molar-refractivity contribution in [3.8, 4) is 34.1 Å². The molecule has 0 bridgehead atoms. The fourth-order valence-electron chi connectivity index (χ4n) is 7.55. The Balaban J connectivity index is 0.856. The Hall–Kier alpha value is -4.89. The molecule has 1 aliphatic carbocycles. The Morgan fingerprint density at radius 2 is 1.22 bits per heavy atom. The van der Waals surface area contributed by atoms with E-state index in [1.165, 1.54) is 38.2 Å². The van der Waals surface area contributed by atoms with Crippen molar-refractivity contribution < 1.29 is 38.3 Å². The maximum Gasteiger partial charge on any atom is 0.336 e.